The molecule has 4 rings (SSSR count). The van der Waals surface area contributed by atoms with Crippen LogP contribution in [0.1, 0.15) is 46.1 Å². The first kappa shape index (κ1) is 20.6. The molecule has 9 nitrogen and oxygen atoms in total. The molecule has 0 aromatic carbocycles. The summed E-state index contributed by atoms with van der Waals surface area (Å²) in [5.74, 6) is 0. The quantitative estimate of drug-likeness (QED) is 0.820. The van der Waals surface area contributed by atoms with E-state index in [0.717, 1.165) is 25.9 Å². The predicted molar refractivity (Wildman–Crippen MR) is 113 cm³/mol. The first-order valence-corrected chi connectivity index (χ1v) is 10.5. The van der Waals surface area contributed by atoms with E-state index in [1.54, 1.807) is 20.1 Å². The third-order valence-electron chi connectivity index (χ3n) is 6.29. The van der Waals surface area contributed by atoms with Gasteiger partial charge in [-0.3, -0.25) is 18.7 Å². The van der Waals surface area contributed by atoms with E-state index < -0.39 is 11.6 Å². The van der Waals surface area contributed by atoms with E-state index in [1.165, 1.54) is 12.3 Å². The number of likely N-dealkylation sites (tertiary alicyclic amines) is 1. The van der Waals surface area contributed by atoms with Crippen LogP contribution in [0.25, 0.3) is 11.2 Å². The number of nitrogens with zero attached hydrogens (tertiary/aromatic N) is 5. The smallest absolute Gasteiger partial charge is 0.407 e. The molecule has 0 saturated carbocycles. The Bertz CT molecular complexity index is 1070. The van der Waals surface area contributed by atoms with E-state index in [0.29, 0.717) is 30.7 Å². The molecule has 0 radical (unpaired) electrons. The number of pyridine rings is 1. The largest absolute Gasteiger partial charge is 0.465 e. The summed E-state index contributed by atoms with van der Waals surface area (Å²) in [6.07, 6.45) is 2.70. The molecule has 30 heavy (non-hydrogen) atoms. The lowest BCUT2D eigenvalue weighted by Crippen LogP contribution is -2.55. The van der Waals surface area contributed by atoms with Gasteiger partial charge in [-0.1, -0.05) is 0 Å². The summed E-state index contributed by atoms with van der Waals surface area (Å²) >= 11 is 0. The van der Waals surface area contributed by atoms with Crippen molar-refractivity contribution in [3.05, 3.63) is 39.0 Å². The second kappa shape index (κ2) is 7.54. The van der Waals surface area contributed by atoms with Gasteiger partial charge in [0.25, 0.3) is 11.1 Å². The topological polar surface area (TPSA) is 101 Å². The number of carbonyl (C=O) groups is 1. The van der Waals surface area contributed by atoms with E-state index in [4.69, 9.17) is 0 Å². The first-order chi connectivity index (χ1) is 14.2. The SMILES string of the molecule is CC(C)(C)N(C(=O)O)C1CCN(CC2CCn3c(=O)ccc4ncc(=O)n2c43)CC1. The van der Waals surface area contributed by atoms with Crippen molar-refractivity contribution >= 4 is 17.3 Å². The molecule has 1 atom stereocenters. The summed E-state index contributed by atoms with van der Waals surface area (Å²) in [5, 5.41) is 9.66. The van der Waals surface area contributed by atoms with Gasteiger partial charge in [0, 0.05) is 43.8 Å². The van der Waals surface area contributed by atoms with Crippen LogP contribution in [0.2, 0.25) is 0 Å². The van der Waals surface area contributed by atoms with Gasteiger partial charge in [-0.15, -0.1) is 0 Å². The highest BCUT2D eigenvalue weighted by Gasteiger charge is 2.36. The highest BCUT2D eigenvalue weighted by atomic mass is 16.4. The fraction of sp³-hybridized carbons (Fsp3) is 0.619. The number of rotatable bonds is 3. The van der Waals surface area contributed by atoms with Crippen LogP contribution in [0.4, 0.5) is 4.79 Å². The van der Waals surface area contributed by atoms with Crippen LogP contribution < -0.4 is 11.1 Å². The highest BCUT2D eigenvalue weighted by Crippen LogP contribution is 2.27. The van der Waals surface area contributed by atoms with Gasteiger partial charge in [-0.05, 0) is 46.1 Å². The summed E-state index contributed by atoms with van der Waals surface area (Å²) in [6, 6.07) is 3.14. The molecule has 0 spiro atoms. The van der Waals surface area contributed by atoms with Crippen molar-refractivity contribution in [2.45, 2.75) is 64.2 Å². The van der Waals surface area contributed by atoms with Gasteiger partial charge >= 0.3 is 6.09 Å². The standard InChI is InChI=1S/C21H29N5O4/c1-21(2,3)26(20(29)30)14-6-9-23(10-7-14)13-15-8-11-24-17(27)5-4-16-19(24)25(15)18(28)12-22-16/h4-5,12,14-15H,6-11,13H2,1-3H3,(H,29,30). The van der Waals surface area contributed by atoms with Gasteiger partial charge in [-0.2, -0.15) is 0 Å². The Morgan fingerprint density at radius 2 is 1.83 bits per heavy atom. The van der Waals surface area contributed by atoms with Gasteiger partial charge in [0.1, 0.15) is 11.2 Å². The zero-order valence-electron chi connectivity index (χ0n) is 17.7. The Morgan fingerprint density at radius 1 is 1.13 bits per heavy atom. The molecule has 2 aromatic rings. The van der Waals surface area contributed by atoms with E-state index in [1.807, 2.05) is 20.8 Å². The van der Waals surface area contributed by atoms with Gasteiger partial charge in [0.05, 0.1) is 12.2 Å². The van der Waals surface area contributed by atoms with Crippen molar-refractivity contribution in [3.8, 4) is 0 Å². The maximum absolute atomic E-state index is 12.6. The zero-order chi connectivity index (χ0) is 21.6. The Hall–Kier alpha value is -2.68. The zero-order valence-corrected chi connectivity index (χ0v) is 17.7. The molecule has 2 aliphatic heterocycles. The minimum Gasteiger partial charge on any atom is -0.465 e. The molecule has 4 heterocycles. The van der Waals surface area contributed by atoms with Crippen LogP contribution in [0.3, 0.4) is 0 Å². The Morgan fingerprint density at radius 3 is 2.47 bits per heavy atom. The number of carboxylic acid groups (broad SMARTS) is 1. The molecule has 1 amide bonds. The van der Waals surface area contributed by atoms with Gasteiger partial charge in [0.15, 0.2) is 0 Å². The molecular weight excluding hydrogens is 386 g/mol. The molecule has 1 N–H and O–H groups in total. The molecule has 1 unspecified atom stereocenters. The van der Waals surface area contributed by atoms with Crippen molar-refractivity contribution in [1.82, 2.24) is 23.9 Å². The maximum atomic E-state index is 12.6. The van der Waals surface area contributed by atoms with E-state index in [9.17, 15) is 19.5 Å². The lowest BCUT2D eigenvalue weighted by atomic mass is 9.96. The summed E-state index contributed by atoms with van der Waals surface area (Å²) in [7, 11) is 0. The Labute approximate surface area is 174 Å². The van der Waals surface area contributed by atoms with Crippen molar-refractivity contribution in [1.29, 1.82) is 0 Å². The monoisotopic (exact) mass is 415 g/mol. The second-order valence-corrected chi connectivity index (χ2v) is 9.30. The number of aromatic nitrogens is 3. The van der Waals surface area contributed by atoms with Crippen LogP contribution in [0.5, 0.6) is 0 Å². The molecule has 1 fully saturated rings. The maximum Gasteiger partial charge on any atom is 0.407 e. The summed E-state index contributed by atoms with van der Waals surface area (Å²) in [5.41, 5.74) is 0.519. The van der Waals surface area contributed by atoms with Gasteiger partial charge in [0.2, 0.25) is 0 Å². The van der Waals surface area contributed by atoms with Gasteiger partial charge in [-0.25, -0.2) is 9.78 Å². The number of hydrogen-bond acceptors (Lipinski definition) is 5. The van der Waals surface area contributed by atoms with Crippen molar-refractivity contribution in [2.75, 3.05) is 19.6 Å². The number of hydrogen-bond donors (Lipinski definition) is 1. The third-order valence-corrected chi connectivity index (χ3v) is 6.29. The minimum atomic E-state index is -0.874. The molecule has 1 saturated heterocycles. The van der Waals surface area contributed by atoms with Crippen molar-refractivity contribution in [2.24, 2.45) is 0 Å². The van der Waals surface area contributed by atoms with Crippen molar-refractivity contribution in [3.63, 3.8) is 0 Å². The molecule has 2 aromatic heterocycles. The molecule has 2 aliphatic rings. The first-order valence-electron chi connectivity index (χ1n) is 10.5. The van der Waals surface area contributed by atoms with Crippen molar-refractivity contribution < 1.29 is 9.90 Å². The molecular formula is C21H29N5O4. The molecule has 162 valence electrons. The lowest BCUT2D eigenvalue weighted by Gasteiger charge is -2.44. The van der Waals surface area contributed by atoms with Crippen LogP contribution in [-0.4, -0.2) is 66.3 Å². The van der Waals surface area contributed by atoms with Gasteiger partial charge < -0.3 is 14.9 Å². The van der Waals surface area contributed by atoms with Crippen LogP contribution in [0.15, 0.2) is 27.9 Å². The third kappa shape index (κ3) is 3.62. The fourth-order valence-electron chi connectivity index (χ4n) is 5.00. The number of piperidine rings is 1. The Kier molecular flexibility index (Phi) is 5.17. The predicted octanol–water partition coefficient (Wildman–Crippen LogP) is 1.75. The highest BCUT2D eigenvalue weighted by molar-refractivity contribution is 5.70. The molecule has 0 bridgehead atoms. The normalized spacial score (nSPS) is 20.4. The average Bonchev–Trinajstić information content (AvgIpc) is 2.67. The molecule has 9 heteroatoms. The fourth-order valence-corrected chi connectivity index (χ4v) is 5.00. The van der Waals surface area contributed by atoms with E-state index in [2.05, 4.69) is 9.88 Å². The minimum absolute atomic E-state index is 0.000219. The summed E-state index contributed by atoms with van der Waals surface area (Å²) in [4.78, 5) is 44.7. The Balaban J connectivity index is 1.53. The summed E-state index contributed by atoms with van der Waals surface area (Å²) in [6.45, 7) is 8.62. The lowest BCUT2D eigenvalue weighted by molar-refractivity contribution is 0.0392. The summed E-state index contributed by atoms with van der Waals surface area (Å²) < 4.78 is 3.36. The molecule has 0 aliphatic carbocycles. The van der Waals surface area contributed by atoms with Crippen LogP contribution >= 0.6 is 0 Å². The van der Waals surface area contributed by atoms with Crippen LogP contribution in [-0.2, 0) is 6.54 Å². The second-order valence-electron chi connectivity index (χ2n) is 9.30. The van der Waals surface area contributed by atoms with E-state index in [-0.39, 0.29) is 23.2 Å². The number of amides is 1. The van der Waals surface area contributed by atoms with E-state index >= 15 is 0 Å². The van der Waals surface area contributed by atoms with Crippen LogP contribution in [0, 0.1) is 0 Å². The average molecular weight is 415 g/mol. The number of aryl methyl sites for hydroxylation is 1.